The molecule has 0 spiro atoms. The van der Waals surface area contributed by atoms with Crippen LogP contribution < -0.4 is 4.72 Å². The molecule has 0 bridgehead atoms. The molecule has 2 rings (SSSR count). The highest BCUT2D eigenvalue weighted by Crippen LogP contribution is 2.30. The van der Waals surface area contributed by atoms with E-state index >= 15 is 0 Å². The maximum Gasteiger partial charge on any atom is 0.416 e. The fraction of sp³-hybridized carbons (Fsp3) is 0.429. The van der Waals surface area contributed by atoms with Crippen molar-refractivity contribution in [3.8, 4) is 0 Å². The first-order chi connectivity index (χ1) is 11.5. The first-order valence-electron chi connectivity index (χ1n) is 7.18. The van der Waals surface area contributed by atoms with E-state index in [1.165, 1.54) is 4.90 Å². The number of hydrogen-bond donors (Lipinski definition) is 2. The lowest BCUT2D eigenvalue weighted by Gasteiger charge is -2.16. The minimum Gasteiger partial charge on any atom is -0.481 e. The highest BCUT2D eigenvalue weighted by atomic mass is 32.2. The molecule has 0 saturated carbocycles. The van der Waals surface area contributed by atoms with E-state index < -0.39 is 51.0 Å². The second-order valence-electron chi connectivity index (χ2n) is 5.51. The highest BCUT2D eigenvalue weighted by Gasteiger charge is 2.33. The Hall–Kier alpha value is -2.14. The zero-order chi connectivity index (χ0) is 18.8. The molecule has 1 amide bonds. The summed E-state index contributed by atoms with van der Waals surface area (Å²) < 4.78 is 64.0. The van der Waals surface area contributed by atoms with Gasteiger partial charge >= 0.3 is 12.1 Å². The molecule has 1 aromatic rings. The minimum absolute atomic E-state index is 0.0283. The Morgan fingerprint density at radius 1 is 1.32 bits per heavy atom. The summed E-state index contributed by atoms with van der Waals surface area (Å²) in [6, 6.07) is 3.15. The predicted octanol–water partition coefficient (Wildman–Crippen LogP) is 0.917. The molecule has 1 atom stereocenters. The van der Waals surface area contributed by atoms with Gasteiger partial charge in [-0.25, -0.2) is 13.1 Å². The van der Waals surface area contributed by atoms with Crippen molar-refractivity contribution in [2.75, 3.05) is 19.6 Å². The number of rotatable bonds is 5. The number of amides is 1. The highest BCUT2D eigenvalue weighted by molar-refractivity contribution is 7.89. The molecular formula is C14H15F3N2O5S. The topological polar surface area (TPSA) is 104 Å². The summed E-state index contributed by atoms with van der Waals surface area (Å²) in [6.07, 6.45) is -4.43. The average molecular weight is 380 g/mol. The normalized spacial score (nSPS) is 18.4. The van der Waals surface area contributed by atoms with Gasteiger partial charge in [0.1, 0.15) is 0 Å². The smallest absolute Gasteiger partial charge is 0.416 e. The van der Waals surface area contributed by atoms with E-state index in [0.717, 1.165) is 18.2 Å². The van der Waals surface area contributed by atoms with Gasteiger partial charge in [-0.2, -0.15) is 13.2 Å². The molecule has 7 nitrogen and oxygen atoms in total. The van der Waals surface area contributed by atoms with Crippen molar-refractivity contribution in [2.24, 2.45) is 5.92 Å². The van der Waals surface area contributed by atoms with Gasteiger partial charge in [0.15, 0.2) is 0 Å². The second-order valence-corrected chi connectivity index (χ2v) is 7.28. The van der Waals surface area contributed by atoms with Gasteiger partial charge in [-0.3, -0.25) is 9.59 Å². The molecule has 2 N–H and O–H groups in total. The number of alkyl halides is 3. The van der Waals surface area contributed by atoms with Crippen LogP contribution in [0.25, 0.3) is 0 Å². The summed E-state index contributed by atoms with van der Waals surface area (Å²) in [5, 5.41) is 8.87. The van der Waals surface area contributed by atoms with E-state index in [1.54, 1.807) is 0 Å². The number of likely N-dealkylation sites (tertiary alicyclic amines) is 1. The van der Waals surface area contributed by atoms with Crippen molar-refractivity contribution in [3.05, 3.63) is 29.8 Å². The van der Waals surface area contributed by atoms with Crippen molar-refractivity contribution in [1.82, 2.24) is 9.62 Å². The number of nitrogens with one attached hydrogen (secondary N) is 1. The first-order valence-corrected chi connectivity index (χ1v) is 8.66. The van der Waals surface area contributed by atoms with Crippen LogP contribution in [0.2, 0.25) is 0 Å². The standard InChI is InChI=1S/C14H15F3N2O5S/c15-14(16,17)10-2-1-3-11(6-10)25(23,24)18-7-12(20)19-5-4-9(8-19)13(21)22/h1-3,6,9,18H,4-5,7-8H2,(H,21,22). The van der Waals surface area contributed by atoms with Gasteiger partial charge in [-0.1, -0.05) is 6.07 Å². The zero-order valence-electron chi connectivity index (χ0n) is 12.8. The Bertz CT molecular complexity index is 779. The molecule has 0 aromatic heterocycles. The van der Waals surface area contributed by atoms with Crippen LogP contribution in [0.4, 0.5) is 13.2 Å². The SMILES string of the molecule is O=C(O)C1CCN(C(=O)CNS(=O)(=O)c2cccc(C(F)(F)F)c2)C1. The average Bonchev–Trinajstić information content (AvgIpc) is 3.02. The molecule has 0 aliphatic carbocycles. The zero-order valence-corrected chi connectivity index (χ0v) is 13.6. The van der Waals surface area contributed by atoms with Crippen LogP contribution in [0.3, 0.4) is 0 Å². The summed E-state index contributed by atoms with van der Waals surface area (Å²) >= 11 is 0. The second kappa shape index (κ2) is 7.00. The van der Waals surface area contributed by atoms with Crippen molar-refractivity contribution < 1.29 is 36.3 Å². The largest absolute Gasteiger partial charge is 0.481 e. The van der Waals surface area contributed by atoms with Crippen molar-refractivity contribution >= 4 is 21.9 Å². The van der Waals surface area contributed by atoms with Crippen molar-refractivity contribution in [1.29, 1.82) is 0 Å². The maximum absolute atomic E-state index is 12.7. The third-order valence-electron chi connectivity index (χ3n) is 3.78. The molecule has 1 aliphatic heterocycles. The number of carbonyl (C=O) groups excluding carboxylic acids is 1. The van der Waals surface area contributed by atoms with E-state index in [1.807, 2.05) is 4.72 Å². The van der Waals surface area contributed by atoms with Crippen molar-refractivity contribution in [2.45, 2.75) is 17.5 Å². The van der Waals surface area contributed by atoms with Gasteiger partial charge in [0.2, 0.25) is 15.9 Å². The lowest BCUT2D eigenvalue weighted by Crippen LogP contribution is -2.39. The van der Waals surface area contributed by atoms with E-state index in [0.29, 0.717) is 6.07 Å². The molecular weight excluding hydrogens is 365 g/mol. The fourth-order valence-electron chi connectivity index (χ4n) is 2.38. The summed E-state index contributed by atoms with van der Waals surface area (Å²) in [6.45, 7) is -0.508. The first kappa shape index (κ1) is 19.2. The lowest BCUT2D eigenvalue weighted by molar-refractivity contribution is -0.141. The molecule has 25 heavy (non-hydrogen) atoms. The van der Waals surface area contributed by atoms with Gasteiger partial charge in [0, 0.05) is 13.1 Å². The van der Waals surface area contributed by atoms with Crippen LogP contribution in [0.15, 0.2) is 29.2 Å². The van der Waals surface area contributed by atoms with Crippen molar-refractivity contribution in [3.63, 3.8) is 0 Å². The quantitative estimate of drug-likeness (QED) is 0.791. The summed E-state index contributed by atoms with van der Waals surface area (Å²) in [5.41, 5.74) is -1.12. The fourth-order valence-corrected chi connectivity index (χ4v) is 3.40. The Morgan fingerprint density at radius 3 is 2.56 bits per heavy atom. The molecule has 1 aromatic carbocycles. The van der Waals surface area contributed by atoms with Crippen LogP contribution in [0.1, 0.15) is 12.0 Å². The van der Waals surface area contributed by atoms with Crippen LogP contribution >= 0.6 is 0 Å². The number of sulfonamides is 1. The van der Waals surface area contributed by atoms with Crippen LogP contribution in [0, 0.1) is 5.92 Å². The van der Waals surface area contributed by atoms with Gasteiger partial charge in [-0.15, -0.1) is 0 Å². The van der Waals surface area contributed by atoms with E-state index in [-0.39, 0.29) is 19.5 Å². The molecule has 1 aliphatic rings. The predicted molar refractivity (Wildman–Crippen MR) is 79.0 cm³/mol. The lowest BCUT2D eigenvalue weighted by atomic mass is 10.1. The number of carboxylic acid groups (broad SMARTS) is 1. The van der Waals surface area contributed by atoms with Crippen LogP contribution in [0.5, 0.6) is 0 Å². The van der Waals surface area contributed by atoms with E-state index in [4.69, 9.17) is 5.11 Å². The summed E-state index contributed by atoms with van der Waals surface area (Å²) in [7, 11) is -4.31. The third kappa shape index (κ3) is 4.69. The van der Waals surface area contributed by atoms with E-state index in [2.05, 4.69) is 0 Å². The molecule has 1 unspecified atom stereocenters. The Morgan fingerprint density at radius 2 is 2.00 bits per heavy atom. The molecule has 1 heterocycles. The number of hydrogen-bond acceptors (Lipinski definition) is 4. The minimum atomic E-state index is -4.69. The van der Waals surface area contributed by atoms with Gasteiger partial charge in [-0.05, 0) is 24.6 Å². The number of carboxylic acids is 1. The Labute approximate surface area is 141 Å². The monoisotopic (exact) mass is 380 g/mol. The molecule has 11 heteroatoms. The number of aliphatic carboxylic acids is 1. The van der Waals surface area contributed by atoms with Gasteiger partial charge in [0.05, 0.1) is 22.9 Å². The number of benzene rings is 1. The van der Waals surface area contributed by atoms with Gasteiger partial charge in [0.25, 0.3) is 0 Å². The summed E-state index contributed by atoms with van der Waals surface area (Å²) in [5.74, 6) is -2.39. The van der Waals surface area contributed by atoms with Crippen LogP contribution in [-0.2, 0) is 25.8 Å². The summed E-state index contributed by atoms with van der Waals surface area (Å²) in [4.78, 5) is 23.4. The Balaban J connectivity index is 2.03. The van der Waals surface area contributed by atoms with Gasteiger partial charge < -0.3 is 10.0 Å². The van der Waals surface area contributed by atoms with Crippen LogP contribution in [-0.4, -0.2) is 49.9 Å². The number of nitrogens with zero attached hydrogens (tertiary/aromatic N) is 1. The third-order valence-corrected chi connectivity index (χ3v) is 5.17. The molecule has 0 radical (unpaired) electrons. The molecule has 138 valence electrons. The number of halogens is 3. The Kier molecular flexibility index (Phi) is 5.37. The molecule has 1 fully saturated rings. The maximum atomic E-state index is 12.7. The molecule has 1 saturated heterocycles. The number of carbonyl (C=O) groups is 2. The van der Waals surface area contributed by atoms with E-state index in [9.17, 15) is 31.2 Å².